The summed E-state index contributed by atoms with van der Waals surface area (Å²) in [6.07, 6.45) is -3.80. The third kappa shape index (κ3) is 4.05. The minimum atomic E-state index is -4.46. The molecule has 0 unspecified atom stereocenters. The van der Waals surface area contributed by atoms with Gasteiger partial charge in [0, 0.05) is 0 Å². The molecule has 1 aliphatic carbocycles. The Morgan fingerprint density at radius 3 is 2.32 bits per heavy atom. The van der Waals surface area contributed by atoms with Gasteiger partial charge in [-0.25, -0.2) is 4.79 Å². The second-order valence-corrected chi connectivity index (χ2v) is 6.43. The molecule has 0 heterocycles. The average molecular weight is 316 g/mol. The number of nitrogen functional groups attached to an aromatic ring is 1. The zero-order valence-corrected chi connectivity index (χ0v) is 12.7. The van der Waals surface area contributed by atoms with E-state index in [0.29, 0.717) is 12.8 Å². The van der Waals surface area contributed by atoms with Crippen LogP contribution in [-0.2, 0) is 10.9 Å². The Morgan fingerprint density at radius 2 is 1.86 bits per heavy atom. The molecular formula is C15H19F3N2O2. The lowest BCUT2D eigenvalue weighted by molar-refractivity contribution is -0.138. The SMILES string of the molecule is CC(C)(C)OC(=O)Nc1cc(C2CC2)c(C(F)(F)F)cc1N. The van der Waals surface area contributed by atoms with Crippen molar-refractivity contribution in [3.63, 3.8) is 0 Å². The summed E-state index contributed by atoms with van der Waals surface area (Å²) in [5, 5.41) is 2.41. The van der Waals surface area contributed by atoms with Gasteiger partial charge in [0.15, 0.2) is 0 Å². The normalized spacial score (nSPS) is 15.5. The number of alkyl halides is 3. The third-order valence-electron chi connectivity index (χ3n) is 3.18. The first kappa shape index (κ1) is 16.5. The molecule has 1 saturated carbocycles. The van der Waals surface area contributed by atoms with Crippen molar-refractivity contribution in [1.29, 1.82) is 0 Å². The van der Waals surface area contributed by atoms with Crippen LogP contribution in [0.25, 0.3) is 0 Å². The van der Waals surface area contributed by atoms with Crippen molar-refractivity contribution in [3.05, 3.63) is 23.3 Å². The summed E-state index contributed by atoms with van der Waals surface area (Å²) in [6, 6.07) is 2.18. The standard InChI is InChI=1S/C15H19F3N2O2/c1-14(2,3)22-13(21)20-12-6-9(8-4-5-8)10(7-11(12)19)15(16,17)18/h6-8H,4-5,19H2,1-3H3,(H,20,21). The van der Waals surface area contributed by atoms with Crippen LogP contribution in [-0.4, -0.2) is 11.7 Å². The first-order valence-electron chi connectivity index (χ1n) is 6.98. The first-order chi connectivity index (χ1) is 9.97. The topological polar surface area (TPSA) is 64.3 Å². The smallest absolute Gasteiger partial charge is 0.416 e. The summed E-state index contributed by atoms with van der Waals surface area (Å²) in [6.45, 7) is 5.08. The maximum Gasteiger partial charge on any atom is 0.416 e. The van der Waals surface area contributed by atoms with Crippen LogP contribution in [0.3, 0.4) is 0 Å². The number of nitrogens with two attached hydrogens (primary N) is 1. The van der Waals surface area contributed by atoms with E-state index < -0.39 is 23.4 Å². The molecule has 1 fully saturated rings. The van der Waals surface area contributed by atoms with Gasteiger partial charge in [-0.05, 0) is 57.2 Å². The number of benzene rings is 1. The van der Waals surface area contributed by atoms with Crippen molar-refractivity contribution in [2.45, 2.75) is 51.3 Å². The lowest BCUT2D eigenvalue weighted by Gasteiger charge is -2.21. The highest BCUT2D eigenvalue weighted by atomic mass is 19.4. The lowest BCUT2D eigenvalue weighted by Crippen LogP contribution is -2.27. The minimum Gasteiger partial charge on any atom is -0.444 e. The minimum absolute atomic E-state index is 0.128. The Kier molecular flexibility index (Phi) is 4.02. The molecule has 1 aromatic rings. The number of nitrogens with one attached hydrogen (secondary N) is 1. The Morgan fingerprint density at radius 1 is 1.27 bits per heavy atom. The molecule has 0 spiro atoms. The van der Waals surface area contributed by atoms with Crippen LogP contribution in [0.15, 0.2) is 12.1 Å². The average Bonchev–Trinajstić information content (AvgIpc) is 3.11. The largest absolute Gasteiger partial charge is 0.444 e. The first-order valence-corrected chi connectivity index (χ1v) is 6.98. The van der Waals surface area contributed by atoms with Crippen LogP contribution in [0.4, 0.5) is 29.3 Å². The summed E-state index contributed by atoms with van der Waals surface area (Å²) in [5.74, 6) is -0.128. The maximum absolute atomic E-state index is 13.1. The van der Waals surface area contributed by atoms with Crippen LogP contribution in [0.1, 0.15) is 50.7 Å². The van der Waals surface area contributed by atoms with Crippen LogP contribution in [0.2, 0.25) is 0 Å². The molecule has 7 heteroatoms. The molecule has 0 bridgehead atoms. The predicted molar refractivity (Wildman–Crippen MR) is 77.7 cm³/mol. The van der Waals surface area contributed by atoms with E-state index in [0.717, 1.165) is 6.07 Å². The number of ether oxygens (including phenoxy) is 1. The molecule has 0 atom stereocenters. The molecular weight excluding hydrogens is 297 g/mol. The summed E-state index contributed by atoms with van der Waals surface area (Å²) in [5.41, 5.74) is 4.39. The van der Waals surface area contributed by atoms with Crippen molar-refractivity contribution in [3.8, 4) is 0 Å². The number of carbonyl (C=O) groups excluding carboxylic acids is 1. The molecule has 1 amide bonds. The molecule has 1 aromatic carbocycles. The molecule has 22 heavy (non-hydrogen) atoms. The van der Waals surface area contributed by atoms with E-state index in [-0.39, 0.29) is 22.9 Å². The van der Waals surface area contributed by atoms with Crippen LogP contribution in [0, 0.1) is 0 Å². The Bertz CT molecular complexity index is 588. The highest BCUT2D eigenvalue weighted by Gasteiger charge is 2.39. The van der Waals surface area contributed by atoms with Crippen LogP contribution in [0.5, 0.6) is 0 Å². The Labute approximate surface area is 126 Å². The van der Waals surface area contributed by atoms with Crippen molar-refractivity contribution >= 4 is 17.5 Å². The molecule has 0 saturated heterocycles. The molecule has 0 aliphatic heterocycles. The van der Waals surface area contributed by atoms with E-state index in [1.165, 1.54) is 6.07 Å². The van der Waals surface area contributed by atoms with E-state index in [1.54, 1.807) is 20.8 Å². The van der Waals surface area contributed by atoms with E-state index in [9.17, 15) is 18.0 Å². The zero-order valence-electron chi connectivity index (χ0n) is 12.7. The number of amides is 1. The molecule has 0 aromatic heterocycles. The van der Waals surface area contributed by atoms with Gasteiger partial charge >= 0.3 is 12.3 Å². The molecule has 3 N–H and O–H groups in total. The van der Waals surface area contributed by atoms with E-state index >= 15 is 0 Å². The van der Waals surface area contributed by atoms with Crippen molar-refractivity contribution < 1.29 is 22.7 Å². The fraction of sp³-hybridized carbons (Fsp3) is 0.533. The number of halogens is 3. The second-order valence-electron chi connectivity index (χ2n) is 6.43. The van der Waals surface area contributed by atoms with Crippen molar-refractivity contribution in [2.24, 2.45) is 0 Å². The number of anilines is 2. The van der Waals surface area contributed by atoms with Crippen LogP contribution < -0.4 is 11.1 Å². The predicted octanol–water partition coefficient (Wildman–Crippen LogP) is 4.51. The fourth-order valence-corrected chi connectivity index (χ4v) is 2.13. The summed E-state index contributed by atoms with van der Waals surface area (Å²) < 4.78 is 44.3. The number of hydrogen-bond donors (Lipinski definition) is 2. The van der Waals surface area contributed by atoms with Gasteiger partial charge in [0.2, 0.25) is 0 Å². The number of hydrogen-bond acceptors (Lipinski definition) is 3. The van der Waals surface area contributed by atoms with Gasteiger partial charge in [-0.1, -0.05) is 0 Å². The fourth-order valence-electron chi connectivity index (χ4n) is 2.13. The number of rotatable bonds is 2. The van der Waals surface area contributed by atoms with E-state index in [4.69, 9.17) is 10.5 Å². The van der Waals surface area contributed by atoms with Gasteiger partial charge in [-0.3, -0.25) is 5.32 Å². The highest BCUT2D eigenvalue weighted by Crippen LogP contribution is 2.47. The van der Waals surface area contributed by atoms with Gasteiger partial charge in [-0.15, -0.1) is 0 Å². The summed E-state index contributed by atoms with van der Waals surface area (Å²) in [7, 11) is 0. The summed E-state index contributed by atoms with van der Waals surface area (Å²) in [4.78, 5) is 11.7. The quantitative estimate of drug-likeness (QED) is 0.789. The van der Waals surface area contributed by atoms with Gasteiger partial charge < -0.3 is 10.5 Å². The second kappa shape index (κ2) is 5.37. The van der Waals surface area contributed by atoms with Crippen molar-refractivity contribution in [1.82, 2.24) is 0 Å². The molecule has 4 nitrogen and oxygen atoms in total. The Balaban J connectivity index is 2.30. The molecule has 2 rings (SSSR count). The van der Waals surface area contributed by atoms with Crippen LogP contribution >= 0.6 is 0 Å². The van der Waals surface area contributed by atoms with Crippen molar-refractivity contribution in [2.75, 3.05) is 11.1 Å². The Hall–Kier alpha value is -1.92. The van der Waals surface area contributed by atoms with Gasteiger partial charge in [-0.2, -0.15) is 13.2 Å². The highest BCUT2D eigenvalue weighted by molar-refractivity contribution is 5.89. The van der Waals surface area contributed by atoms with E-state index in [2.05, 4.69) is 5.32 Å². The third-order valence-corrected chi connectivity index (χ3v) is 3.18. The molecule has 122 valence electrons. The monoisotopic (exact) mass is 316 g/mol. The van der Waals surface area contributed by atoms with Gasteiger partial charge in [0.1, 0.15) is 5.60 Å². The van der Waals surface area contributed by atoms with E-state index in [1.807, 2.05) is 0 Å². The zero-order chi connectivity index (χ0) is 16.7. The summed E-state index contributed by atoms with van der Waals surface area (Å²) >= 11 is 0. The molecule has 0 radical (unpaired) electrons. The lowest BCUT2D eigenvalue weighted by atomic mass is 10.0. The van der Waals surface area contributed by atoms with Gasteiger partial charge in [0.05, 0.1) is 16.9 Å². The maximum atomic E-state index is 13.1. The van der Waals surface area contributed by atoms with Gasteiger partial charge in [0.25, 0.3) is 0 Å². The number of carbonyl (C=O) groups is 1. The molecule has 1 aliphatic rings.